The van der Waals surface area contributed by atoms with Crippen molar-refractivity contribution in [1.82, 2.24) is 5.32 Å². The lowest BCUT2D eigenvalue weighted by molar-refractivity contribution is 0.199. The smallest absolute Gasteiger partial charge is 0.130 e. The number of hydrogen-bond acceptors (Lipinski definition) is 3. The van der Waals surface area contributed by atoms with Gasteiger partial charge in [0.25, 0.3) is 0 Å². The van der Waals surface area contributed by atoms with Crippen LogP contribution in [0.4, 0.5) is 0 Å². The van der Waals surface area contributed by atoms with Crippen LogP contribution < -0.4 is 10.1 Å². The summed E-state index contributed by atoms with van der Waals surface area (Å²) in [5, 5.41) is 3.32. The third-order valence-electron chi connectivity index (χ3n) is 3.31. The van der Waals surface area contributed by atoms with Gasteiger partial charge in [-0.05, 0) is 48.7 Å². The van der Waals surface area contributed by atoms with E-state index >= 15 is 0 Å². The Morgan fingerprint density at radius 1 is 1.00 bits per heavy atom. The van der Waals surface area contributed by atoms with Crippen LogP contribution >= 0.6 is 0 Å². The van der Waals surface area contributed by atoms with Gasteiger partial charge in [-0.2, -0.15) is 0 Å². The fraction of sp³-hybridized carbons (Fsp3) is 0.333. The molecule has 0 aliphatic carbocycles. The van der Waals surface area contributed by atoms with Crippen LogP contribution in [0.3, 0.4) is 0 Å². The van der Waals surface area contributed by atoms with Crippen LogP contribution in [-0.2, 0) is 11.3 Å². The minimum absolute atomic E-state index is 0.730. The molecule has 0 saturated carbocycles. The summed E-state index contributed by atoms with van der Waals surface area (Å²) in [6, 6.07) is 14.4. The van der Waals surface area contributed by atoms with Crippen LogP contribution in [0.5, 0.6) is 11.5 Å². The molecule has 0 aliphatic rings. The molecular weight excluding hydrogens is 262 g/mol. The zero-order valence-electron chi connectivity index (χ0n) is 13.0. The van der Waals surface area contributed by atoms with Gasteiger partial charge in [-0.1, -0.05) is 24.3 Å². The number of aryl methyl sites for hydroxylation is 2. The van der Waals surface area contributed by atoms with Crippen LogP contribution in [0.25, 0.3) is 0 Å². The maximum atomic E-state index is 5.95. The lowest BCUT2D eigenvalue weighted by atomic mass is 10.1. The first kappa shape index (κ1) is 15.5. The Labute approximate surface area is 126 Å². The van der Waals surface area contributed by atoms with Crippen LogP contribution in [-0.4, -0.2) is 20.3 Å². The molecule has 0 radical (unpaired) electrons. The number of benzene rings is 2. The van der Waals surface area contributed by atoms with E-state index in [1.54, 1.807) is 7.11 Å². The van der Waals surface area contributed by atoms with Gasteiger partial charge < -0.3 is 14.8 Å². The third-order valence-corrected chi connectivity index (χ3v) is 3.31. The molecule has 21 heavy (non-hydrogen) atoms. The zero-order valence-corrected chi connectivity index (χ0v) is 13.0. The lowest BCUT2D eigenvalue weighted by Crippen LogP contribution is -2.18. The first-order valence-corrected chi connectivity index (χ1v) is 7.23. The highest BCUT2D eigenvalue weighted by Crippen LogP contribution is 2.26. The summed E-state index contributed by atoms with van der Waals surface area (Å²) in [4.78, 5) is 0. The molecule has 0 heterocycles. The van der Waals surface area contributed by atoms with E-state index in [2.05, 4.69) is 49.5 Å². The maximum Gasteiger partial charge on any atom is 0.130 e. The van der Waals surface area contributed by atoms with E-state index in [0.29, 0.717) is 0 Å². The van der Waals surface area contributed by atoms with E-state index in [1.165, 1.54) is 11.1 Å². The fourth-order valence-corrected chi connectivity index (χ4v) is 2.03. The molecule has 0 unspecified atom stereocenters. The third kappa shape index (κ3) is 4.88. The number of hydrogen-bond donors (Lipinski definition) is 1. The second kappa shape index (κ2) is 7.81. The standard InChI is InChI=1S/C18H23NO2/c1-14-4-5-15(2)18(12-14)21-17-8-6-16(7-9-17)13-19-10-11-20-3/h4-9,12,19H,10-11,13H2,1-3H3. The molecule has 0 spiro atoms. The molecule has 3 nitrogen and oxygen atoms in total. The largest absolute Gasteiger partial charge is 0.457 e. The lowest BCUT2D eigenvalue weighted by Gasteiger charge is -2.10. The van der Waals surface area contributed by atoms with Crippen molar-refractivity contribution >= 4 is 0 Å². The van der Waals surface area contributed by atoms with E-state index in [1.807, 2.05) is 12.1 Å². The van der Waals surface area contributed by atoms with Gasteiger partial charge in [0.2, 0.25) is 0 Å². The summed E-state index contributed by atoms with van der Waals surface area (Å²) >= 11 is 0. The Hall–Kier alpha value is -1.84. The quantitative estimate of drug-likeness (QED) is 0.784. The predicted octanol–water partition coefficient (Wildman–Crippen LogP) is 3.83. The minimum atomic E-state index is 0.730. The van der Waals surface area contributed by atoms with Crippen molar-refractivity contribution in [2.24, 2.45) is 0 Å². The Morgan fingerprint density at radius 2 is 1.76 bits per heavy atom. The van der Waals surface area contributed by atoms with E-state index < -0.39 is 0 Å². The molecule has 0 amide bonds. The average Bonchev–Trinajstić information content (AvgIpc) is 2.49. The maximum absolute atomic E-state index is 5.95. The monoisotopic (exact) mass is 285 g/mol. The predicted molar refractivity (Wildman–Crippen MR) is 86.0 cm³/mol. The van der Waals surface area contributed by atoms with Gasteiger partial charge in [-0.25, -0.2) is 0 Å². The number of ether oxygens (including phenoxy) is 2. The van der Waals surface area contributed by atoms with Gasteiger partial charge in [0.15, 0.2) is 0 Å². The van der Waals surface area contributed by atoms with E-state index in [-0.39, 0.29) is 0 Å². The highest BCUT2D eigenvalue weighted by Gasteiger charge is 2.02. The molecule has 0 aromatic heterocycles. The number of rotatable bonds is 7. The van der Waals surface area contributed by atoms with Crippen LogP contribution in [0, 0.1) is 13.8 Å². The number of methoxy groups -OCH3 is 1. The highest BCUT2D eigenvalue weighted by atomic mass is 16.5. The second-order valence-corrected chi connectivity index (χ2v) is 5.18. The van der Waals surface area contributed by atoms with Crippen molar-refractivity contribution < 1.29 is 9.47 Å². The Balaban J connectivity index is 1.94. The topological polar surface area (TPSA) is 30.5 Å². The average molecular weight is 285 g/mol. The molecule has 0 atom stereocenters. The fourth-order valence-electron chi connectivity index (χ4n) is 2.03. The molecule has 2 aromatic rings. The summed E-state index contributed by atoms with van der Waals surface area (Å²) in [6.07, 6.45) is 0. The molecule has 3 heteroatoms. The van der Waals surface area contributed by atoms with Crippen LogP contribution in [0.1, 0.15) is 16.7 Å². The van der Waals surface area contributed by atoms with Gasteiger partial charge in [0, 0.05) is 20.2 Å². The van der Waals surface area contributed by atoms with Gasteiger partial charge in [-0.15, -0.1) is 0 Å². The van der Waals surface area contributed by atoms with Gasteiger partial charge >= 0.3 is 0 Å². The first-order chi connectivity index (χ1) is 10.2. The molecule has 2 rings (SSSR count). The molecule has 0 aliphatic heterocycles. The van der Waals surface area contributed by atoms with Crippen molar-refractivity contribution in [2.45, 2.75) is 20.4 Å². The molecule has 0 bridgehead atoms. The summed E-state index contributed by atoms with van der Waals surface area (Å²) in [5.41, 5.74) is 3.58. The van der Waals surface area contributed by atoms with Gasteiger partial charge in [0.05, 0.1) is 6.61 Å². The van der Waals surface area contributed by atoms with Crippen LogP contribution in [0.2, 0.25) is 0 Å². The van der Waals surface area contributed by atoms with E-state index in [9.17, 15) is 0 Å². The van der Waals surface area contributed by atoms with Crippen LogP contribution in [0.15, 0.2) is 42.5 Å². The molecular formula is C18H23NO2. The minimum Gasteiger partial charge on any atom is -0.457 e. The SMILES string of the molecule is COCCNCc1ccc(Oc2cc(C)ccc2C)cc1. The van der Waals surface area contributed by atoms with Crippen molar-refractivity contribution in [1.29, 1.82) is 0 Å². The Kier molecular flexibility index (Phi) is 5.78. The summed E-state index contributed by atoms with van der Waals surface area (Å²) in [5.74, 6) is 1.78. The second-order valence-electron chi connectivity index (χ2n) is 5.18. The first-order valence-electron chi connectivity index (χ1n) is 7.23. The normalized spacial score (nSPS) is 10.6. The zero-order chi connectivity index (χ0) is 15.1. The van der Waals surface area contributed by atoms with Crippen molar-refractivity contribution in [3.05, 3.63) is 59.2 Å². The van der Waals surface area contributed by atoms with Crippen molar-refractivity contribution in [3.63, 3.8) is 0 Å². The molecule has 2 aromatic carbocycles. The van der Waals surface area contributed by atoms with E-state index in [4.69, 9.17) is 9.47 Å². The molecule has 112 valence electrons. The van der Waals surface area contributed by atoms with Crippen molar-refractivity contribution in [2.75, 3.05) is 20.3 Å². The highest BCUT2D eigenvalue weighted by molar-refractivity contribution is 5.40. The molecule has 1 N–H and O–H groups in total. The van der Waals surface area contributed by atoms with E-state index in [0.717, 1.165) is 36.8 Å². The molecule has 0 saturated heterocycles. The Bertz CT molecular complexity index is 564. The van der Waals surface area contributed by atoms with Gasteiger partial charge in [0.1, 0.15) is 11.5 Å². The van der Waals surface area contributed by atoms with Gasteiger partial charge in [-0.3, -0.25) is 0 Å². The van der Waals surface area contributed by atoms with Crippen molar-refractivity contribution in [3.8, 4) is 11.5 Å². The number of nitrogens with one attached hydrogen (secondary N) is 1. The summed E-state index contributed by atoms with van der Waals surface area (Å²) in [7, 11) is 1.71. The summed E-state index contributed by atoms with van der Waals surface area (Å²) < 4.78 is 11.0. The molecule has 0 fully saturated rings. The summed E-state index contributed by atoms with van der Waals surface area (Å²) in [6.45, 7) is 6.56. The Morgan fingerprint density at radius 3 is 2.48 bits per heavy atom.